The molecule has 1 unspecified atom stereocenters. The molecule has 0 aliphatic heterocycles. The molecule has 1 rings (SSSR count). The lowest BCUT2D eigenvalue weighted by molar-refractivity contribution is 0.572. The Balaban J connectivity index is 2.36. The molecule has 0 fully saturated rings. The average Bonchev–Trinajstić information content (AvgIpc) is 2.38. The first-order valence-electron chi connectivity index (χ1n) is 6.79. The molecule has 0 aliphatic carbocycles. The Labute approximate surface area is 111 Å². The van der Waals surface area contributed by atoms with E-state index in [2.05, 4.69) is 49.8 Å². The molecule has 0 bridgehead atoms. The SMILES string of the molecule is C=CCCCCCC(N)c1ccc(N(C)C)cc1. The van der Waals surface area contributed by atoms with Crippen LogP contribution < -0.4 is 10.6 Å². The third-order valence-electron chi connectivity index (χ3n) is 3.26. The normalized spacial score (nSPS) is 12.2. The van der Waals surface area contributed by atoms with Crippen molar-refractivity contribution in [3.05, 3.63) is 42.5 Å². The monoisotopic (exact) mass is 246 g/mol. The summed E-state index contributed by atoms with van der Waals surface area (Å²) in [6.07, 6.45) is 7.85. The molecule has 2 nitrogen and oxygen atoms in total. The molecule has 0 aliphatic rings. The predicted molar refractivity (Wildman–Crippen MR) is 81.0 cm³/mol. The molecule has 0 spiro atoms. The maximum atomic E-state index is 6.20. The highest BCUT2D eigenvalue weighted by Gasteiger charge is 2.05. The second-order valence-corrected chi connectivity index (χ2v) is 5.02. The van der Waals surface area contributed by atoms with Gasteiger partial charge in [0.2, 0.25) is 0 Å². The third kappa shape index (κ3) is 4.92. The molecule has 0 aromatic heterocycles. The highest BCUT2D eigenvalue weighted by Crippen LogP contribution is 2.20. The van der Waals surface area contributed by atoms with Crippen LogP contribution >= 0.6 is 0 Å². The Hall–Kier alpha value is -1.28. The zero-order chi connectivity index (χ0) is 13.4. The van der Waals surface area contributed by atoms with E-state index in [0.29, 0.717) is 0 Å². The molecule has 2 N–H and O–H groups in total. The molecule has 1 aromatic carbocycles. The summed E-state index contributed by atoms with van der Waals surface area (Å²) in [5.74, 6) is 0. The Bertz CT molecular complexity index is 341. The number of rotatable bonds is 8. The van der Waals surface area contributed by atoms with Gasteiger partial charge < -0.3 is 10.6 Å². The van der Waals surface area contributed by atoms with E-state index in [9.17, 15) is 0 Å². The van der Waals surface area contributed by atoms with Crippen molar-refractivity contribution < 1.29 is 0 Å². The van der Waals surface area contributed by atoms with Crippen LogP contribution in [-0.2, 0) is 0 Å². The molecule has 0 heterocycles. The molecule has 0 saturated heterocycles. The van der Waals surface area contributed by atoms with Crippen LogP contribution in [0.25, 0.3) is 0 Å². The van der Waals surface area contributed by atoms with Crippen molar-refractivity contribution in [2.75, 3.05) is 19.0 Å². The van der Waals surface area contributed by atoms with E-state index in [1.165, 1.54) is 30.5 Å². The number of benzene rings is 1. The van der Waals surface area contributed by atoms with Crippen molar-refractivity contribution in [3.8, 4) is 0 Å². The van der Waals surface area contributed by atoms with Gasteiger partial charge in [0.1, 0.15) is 0 Å². The zero-order valence-electron chi connectivity index (χ0n) is 11.7. The number of anilines is 1. The first kappa shape index (κ1) is 14.8. The largest absolute Gasteiger partial charge is 0.378 e. The second kappa shape index (κ2) is 7.93. The summed E-state index contributed by atoms with van der Waals surface area (Å²) >= 11 is 0. The van der Waals surface area contributed by atoms with Crippen LogP contribution in [0, 0.1) is 0 Å². The summed E-state index contributed by atoms with van der Waals surface area (Å²) in [4.78, 5) is 2.10. The van der Waals surface area contributed by atoms with Gasteiger partial charge >= 0.3 is 0 Å². The summed E-state index contributed by atoms with van der Waals surface area (Å²) in [6, 6.07) is 8.72. The summed E-state index contributed by atoms with van der Waals surface area (Å²) in [6.45, 7) is 3.73. The minimum Gasteiger partial charge on any atom is -0.378 e. The van der Waals surface area contributed by atoms with Crippen LogP contribution in [-0.4, -0.2) is 14.1 Å². The minimum atomic E-state index is 0.171. The fourth-order valence-electron chi connectivity index (χ4n) is 2.02. The van der Waals surface area contributed by atoms with Crippen molar-refractivity contribution in [2.45, 2.75) is 38.1 Å². The molecule has 0 radical (unpaired) electrons. The molecule has 1 atom stereocenters. The number of allylic oxidation sites excluding steroid dienone is 1. The fourth-order valence-corrected chi connectivity index (χ4v) is 2.02. The van der Waals surface area contributed by atoms with Crippen LogP contribution in [0.3, 0.4) is 0 Å². The highest BCUT2D eigenvalue weighted by molar-refractivity contribution is 5.46. The molecule has 0 amide bonds. The van der Waals surface area contributed by atoms with Crippen molar-refractivity contribution in [1.82, 2.24) is 0 Å². The number of nitrogens with zero attached hydrogens (tertiary/aromatic N) is 1. The van der Waals surface area contributed by atoms with E-state index in [1.807, 2.05) is 6.08 Å². The number of nitrogens with two attached hydrogens (primary N) is 1. The number of hydrogen-bond acceptors (Lipinski definition) is 2. The predicted octanol–water partition coefficient (Wildman–Crippen LogP) is 3.89. The molecule has 2 heteroatoms. The summed E-state index contributed by atoms with van der Waals surface area (Å²) in [5.41, 5.74) is 8.66. The van der Waals surface area contributed by atoms with Crippen molar-refractivity contribution in [3.63, 3.8) is 0 Å². The van der Waals surface area contributed by atoms with Gasteiger partial charge in [-0.3, -0.25) is 0 Å². The summed E-state index contributed by atoms with van der Waals surface area (Å²) < 4.78 is 0. The van der Waals surface area contributed by atoms with E-state index in [-0.39, 0.29) is 6.04 Å². The first-order chi connectivity index (χ1) is 8.65. The van der Waals surface area contributed by atoms with Gasteiger partial charge in [-0.2, -0.15) is 0 Å². The van der Waals surface area contributed by atoms with Gasteiger partial charge in [-0.15, -0.1) is 6.58 Å². The van der Waals surface area contributed by atoms with Gasteiger partial charge in [-0.05, 0) is 37.0 Å². The first-order valence-corrected chi connectivity index (χ1v) is 6.79. The lowest BCUT2D eigenvalue weighted by Crippen LogP contribution is -2.12. The molecule has 100 valence electrons. The van der Waals surface area contributed by atoms with E-state index in [1.54, 1.807) is 0 Å². The van der Waals surface area contributed by atoms with Crippen LogP contribution in [0.1, 0.15) is 43.7 Å². The number of unbranched alkanes of at least 4 members (excludes halogenated alkanes) is 3. The maximum Gasteiger partial charge on any atom is 0.0361 e. The van der Waals surface area contributed by atoms with E-state index < -0.39 is 0 Å². The fraction of sp³-hybridized carbons (Fsp3) is 0.500. The van der Waals surface area contributed by atoms with Gasteiger partial charge in [0.25, 0.3) is 0 Å². The van der Waals surface area contributed by atoms with E-state index in [4.69, 9.17) is 5.73 Å². The summed E-state index contributed by atoms with van der Waals surface area (Å²) in [7, 11) is 4.10. The van der Waals surface area contributed by atoms with Crippen molar-refractivity contribution >= 4 is 5.69 Å². The average molecular weight is 246 g/mol. The molecule has 0 saturated carbocycles. The lowest BCUT2D eigenvalue weighted by atomic mass is 10.0. The maximum absolute atomic E-state index is 6.20. The quantitative estimate of drug-likeness (QED) is 0.557. The van der Waals surface area contributed by atoms with Gasteiger partial charge in [0.05, 0.1) is 0 Å². The van der Waals surface area contributed by atoms with E-state index in [0.717, 1.165) is 12.8 Å². The van der Waals surface area contributed by atoms with Crippen LogP contribution in [0.15, 0.2) is 36.9 Å². The Kier molecular flexibility index (Phi) is 6.51. The topological polar surface area (TPSA) is 29.3 Å². The molecular weight excluding hydrogens is 220 g/mol. The van der Waals surface area contributed by atoms with Gasteiger partial charge in [0.15, 0.2) is 0 Å². The van der Waals surface area contributed by atoms with Crippen molar-refractivity contribution in [2.24, 2.45) is 5.73 Å². The Morgan fingerprint density at radius 1 is 1.17 bits per heavy atom. The highest BCUT2D eigenvalue weighted by atomic mass is 15.1. The standard InChI is InChI=1S/C16H26N2/c1-4-5-6-7-8-9-16(17)14-10-12-15(13-11-14)18(2)3/h4,10-13,16H,1,5-9,17H2,2-3H3. The Morgan fingerprint density at radius 2 is 1.83 bits per heavy atom. The van der Waals surface area contributed by atoms with Crippen molar-refractivity contribution in [1.29, 1.82) is 0 Å². The molecule has 1 aromatic rings. The van der Waals surface area contributed by atoms with Crippen LogP contribution in [0.4, 0.5) is 5.69 Å². The van der Waals surface area contributed by atoms with Crippen LogP contribution in [0.5, 0.6) is 0 Å². The zero-order valence-corrected chi connectivity index (χ0v) is 11.7. The summed E-state index contributed by atoms with van der Waals surface area (Å²) in [5, 5.41) is 0. The van der Waals surface area contributed by atoms with E-state index >= 15 is 0 Å². The number of hydrogen-bond donors (Lipinski definition) is 1. The molecular formula is C16H26N2. The molecule has 18 heavy (non-hydrogen) atoms. The Morgan fingerprint density at radius 3 is 2.39 bits per heavy atom. The second-order valence-electron chi connectivity index (χ2n) is 5.02. The van der Waals surface area contributed by atoms with Gasteiger partial charge in [-0.1, -0.05) is 31.1 Å². The smallest absolute Gasteiger partial charge is 0.0361 e. The van der Waals surface area contributed by atoms with Gasteiger partial charge in [0, 0.05) is 25.8 Å². The minimum absolute atomic E-state index is 0.171. The van der Waals surface area contributed by atoms with Crippen LogP contribution in [0.2, 0.25) is 0 Å². The van der Waals surface area contributed by atoms with Gasteiger partial charge in [-0.25, -0.2) is 0 Å². The lowest BCUT2D eigenvalue weighted by Gasteiger charge is -2.15. The third-order valence-corrected chi connectivity index (χ3v) is 3.26.